The summed E-state index contributed by atoms with van der Waals surface area (Å²) in [5.41, 5.74) is 2.38. The Morgan fingerprint density at radius 2 is 2.15 bits per heavy atom. The van der Waals surface area contributed by atoms with E-state index < -0.39 is 0 Å². The second-order valence-electron chi connectivity index (χ2n) is 4.30. The molecule has 112 valence electrons. The Morgan fingerprint density at radius 1 is 1.40 bits per heavy atom. The lowest BCUT2D eigenvalue weighted by Gasteiger charge is -2.05. The summed E-state index contributed by atoms with van der Waals surface area (Å²) in [7, 11) is 0. The minimum Gasteiger partial charge on any atom is -0.462 e. The second kappa shape index (κ2) is 8.81. The molecule has 0 aliphatic heterocycles. The van der Waals surface area contributed by atoms with Crippen molar-refractivity contribution >= 4 is 24.3 Å². The number of aldehydes is 1. The van der Waals surface area contributed by atoms with Crippen LogP contribution in [0.5, 0.6) is 0 Å². The number of nitrogens with one attached hydrogen (secondary N) is 1. The summed E-state index contributed by atoms with van der Waals surface area (Å²) in [5.74, 6) is -0.371. The second-order valence-corrected chi connectivity index (χ2v) is 4.87. The van der Waals surface area contributed by atoms with Crippen LogP contribution in [-0.4, -0.2) is 36.7 Å². The number of hydrogen-bond donors (Lipinski definition) is 1. The van der Waals surface area contributed by atoms with Crippen molar-refractivity contribution in [3.05, 3.63) is 22.5 Å². The molecule has 1 aromatic rings. The van der Waals surface area contributed by atoms with E-state index in [1.54, 1.807) is 13.8 Å². The van der Waals surface area contributed by atoms with Gasteiger partial charge in [0.1, 0.15) is 0 Å². The minimum absolute atomic E-state index is 0.320. The lowest BCUT2D eigenvalue weighted by atomic mass is 10.1. The molecule has 6 heteroatoms. The van der Waals surface area contributed by atoms with E-state index in [2.05, 4.69) is 4.98 Å². The molecule has 0 saturated heterocycles. The van der Waals surface area contributed by atoms with E-state index in [4.69, 9.17) is 8.92 Å². The summed E-state index contributed by atoms with van der Waals surface area (Å²) in [6.07, 6.45) is 5.09. The highest BCUT2D eigenvalue weighted by atomic mass is 32.2. The molecule has 0 aromatic carbocycles. The first kappa shape index (κ1) is 16.8. The minimum atomic E-state index is -0.371. The van der Waals surface area contributed by atoms with Gasteiger partial charge < -0.3 is 13.9 Å². The Bertz CT molecular complexity index is 456. The van der Waals surface area contributed by atoms with Gasteiger partial charge in [0, 0.05) is 11.9 Å². The monoisotopic (exact) mass is 299 g/mol. The van der Waals surface area contributed by atoms with Crippen LogP contribution in [0.25, 0.3) is 0 Å². The molecule has 1 aromatic heterocycles. The zero-order valence-corrected chi connectivity index (χ0v) is 13.0. The van der Waals surface area contributed by atoms with Gasteiger partial charge in [-0.2, -0.15) is 0 Å². The lowest BCUT2D eigenvalue weighted by Crippen LogP contribution is -2.08. The fourth-order valence-electron chi connectivity index (χ4n) is 2.01. The average Bonchev–Trinajstić information content (AvgIpc) is 2.75. The van der Waals surface area contributed by atoms with Crippen LogP contribution in [0.2, 0.25) is 0 Å². The molecule has 0 amide bonds. The number of H-pyrrole nitrogens is 1. The van der Waals surface area contributed by atoms with Gasteiger partial charge in [-0.1, -0.05) is 0 Å². The van der Waals surface area contributed by atoms with Crippen molar-refractivity contribution in [2.45, 2.75) is 33.1 Å². The van der Waals surface area contributed by atoms with Crippen LogP contribution >= 0.6 is 12.0 Å². The van der Waals surface area contributed by atoms with Crippen molar-refractivity contribution in [2.24, 2.45) is 0 Å². The van der Waals surface area contributed by atoms with Crippen molar-refractivity contribution in [3.63, 3.8) is 0 Å². The topological polar surface area (TPSA) is 68.4 Å². The van der Waals surface area contributed by atoms with Gasteiger partial charge in [-0.15, -0.1) is 0 Å². The Morgan fingerprint density at radius 3 is 2.75 bits per heavy atom. The number of hydrogen-bond acceptors (Lipinski definition) is 5. The van der Waals surface area contributed by atoms with E-state index >= 15 is 0 Å². The fourth-order valence-corrected chi connectivity index (χ4v) is 2.30. The number of rotatable bonds is 9. The Hall–Kier alpha value is -1.27. The molecule has 5 nitrogen and oxygen atoms in total. The van der Waals surface area contributed by atoms with E-state index in [0.717, 1.165) is 24.8 Å². The van der Waals surface area contributed by atoms with Gasteiger partial charge in [-0.3, -0.25) is 4.79 Å². The third-order valence-corrected chi connectivity index (χ3v) is 3.39. The van der Waals surface area contributed by atoms with Gasteiger partial charge in [0.25, 0.3) is 0 Å². The largest absolute Gasteiger partial charge is 0.462 e. The molecule has 0 radical (unpaired) electrons. The van der Waals surface area contributed by atoms with Crippen molar-refractivity contribution in [3.8, 4) is 0 Å². The Kier molecular flexibility index (Phi) is 7.40. The summed E-state index contributed by atoms with van der Waals surface area (Å²) < 4.78 is 10.2. The molecule has 20 heavy (non-hydrogen) atoms. The predicted molar refractivity (Wildman–Crippen MR) is 79.3 cm³/mol. The zero-order valence-electron chi connectivity index (χ0n) is 12.2. The predicted octanol–water partition coefficient (Wildman–Crippen LogP) is 2.93. The van der Waals surface area contributed by atoms with Crippen LogP contribution in [0, 0.1) is 6.92 Å². The highest BCUT2D eigenvalue weighted by Crippen LogP contribution is 2.20. The number of carbonyl (C=O) groups is 2. The van der Waals surface area contributed by atoms with Gasteiger partial charge in [0.15, 0.2) is 6.29 Å². The van der Waals surface area contributed by atoms with Crippen molar-refractivity contribution in [1.82, 2.24) is 4.98 Å². The van der Waals surface area contributed by atoms with Gasteiger partial charge in [0.05, 0.1) is 24.5 Å². The third-order valence-electron chi connectivity index (χ3n) is 2.99. The lowest BCUT2D eigenvalue weighted by molar-refractivity contribution is 0.0524. The normalized spacial score (nSPS) is 10.6. The van der Waals surface area contributed by atoms with E-state index in [9.17, 15) is 9.59 Å². The molecule has 0 saturated carbocycles. The first-order chi connectivity index (χ1) is 9.65. The molecule has 1 heterocycles. The quantitative estimate of drug-likeness (QED) is 0.328. The number of aromatic amines is 1. The van der Waals surface area contributed by atoms with Crippen molar-refractivity contribution in [1.29, 1.82) is 0 Å². The van der Waals surface area contributed by atoms with Gasteiger partial charge in [-0.05, 0) is 50.7 Å². The maximum atomic E-state index is 12.0. The average molecular weight is 299 g/mol. The third kappa shape index (κ3) is 4.38. The van der Waals surface area contributed by atoms with Crippen LogP contribution in [0.1, 0.15) is 51.9 Å². The van der Waals surface area contributed by atoms with E-state index in [1.807, 2.05) is 6.26 Å². The van der Waals surface area contributed by atoms with Crippen molar-refractivity contribution in [2.75, 3.05) is 19.5 Å². The molecule has 0 aliphatic carbocycles. The number of ether oxygens (including phenoxy) is 1. The number of carbonyl (C=O) groups excluding carboxylic acids is 2. The molecule has 0 atom stereocenters. The smallest absolute Gasteiger partial charge is 0.340 e. The Balaban J connectivity index is 2.77. The van der Waals surface area contributed by atoms with Crippen molar-refractivity contribution < 1.29 is 18.5 Å². The van der Waals surface area contributed by atoms with Gasteiger partial charge in [0.2, 0.25) is 0 Å². The molecule has 0 fully saturated rings. The molecule has 0 bridgehead atoms. The molecule has 0 spiro atoms. The number of aryl methyl sites for hydroxylation is 1. The van der Waals surface area contributed by atoms with Gasteiger partial charge in [-0.25, -0.2) is 4.79 Å². The summed E-state index contributed by atoms with van der Waals surface area (Å²) in [6, 6.07) is 0. The highest BCUT2D eigenvalue weighted by Gasteiger charge is 2.20. The fraction of sp³-hybridized carbons (Fsp3) is 0.571. The first-order valence-electron chi connectivity index (χ1n) is 6.65. The van der Waals surface area contributed by atoms with E-state index in [0.29, 0.717) is 36.5 Å². The summed E-state index contributed by atoms with van der Waals surface area (Å²) in [4.78, 5) is 26.0. The Labute approximate surface area is 123 Å². The molecule has 1 N–H and O–H groups in total. The SMILES string of the molecule is CCOC(=O)c1c(CCCCOSC)[nH]c(C=O)c1C. The maximum Gasteiger partial charge on any atom is 0.340 e. The number of aromatic nitrogens is 1. The number of unbranched alkanes of at least 4 members (excludes halogenated alkanes) is 1. The van der Waals surface area contributed by atoms with Crippen LogP contribution in [0.3, 0.4) is 0 Å². The standard InChI is InChI=1S/C14H21NO4S/c1-4-18-14(17)13-10(2)12(9-16)15-11(13)7-5-6-8-19-20-3/h9,15H,4-8H2,1-3H3. The van der Waals surface area contributed by atoms with Crippen LogP contribution in [0.15, 0.2) is 0 Å². The number of esters is 1. The summed E-state index contributed by atoms with van der Waals surface area (Å²) in [6.45, 7) is 4.52. The summed E-state index contributed by atoms with van der Waals surface area (Å²) >= 11 is 1.34. The van der Waals surface area contributed by atoms with E-state index in [1.165, 1.54) is 12.0 Å². The highest BCUT2D eigenvalue weighted by molar-refractivity contribution is 7.93. The van der Waals surface area contributed by atoms with Crippen LogP contribution in [0.4, 0.5) is 0 Å². The summed E-state index contributed by atoms with van der Waals surface area (Å²) in [5, 5.41) is 0. The van der Waals surface area contributed by atoms with Gasteiger partial charge >= 0.3 is 5.97 Å². The molecule has 0 unspecified atom stereocenters. The van der Waals surface area contributed by atoms with Crippen LogP contribution < -0.4 is 0 Å². The maximum absolute atomic E-state index is 12.0. The molecule has 1 rings (SSSR count). The molecular weight excluding hydrogens is 278 g/mol. The zero-order chi connectivity index (χ0) is 15.0. The molecular formula is C14H21NO4S. The van der Waals surface area contributed by atoms with Crippen LogP contribution in [-0.2, 0) is 15.3 Å². The molecule has 0 aliphatic rings. The first-order valence-corrected chi connectivity index (χ1v) is 7.80. The van der Waals surface area contributed by atoms with E-state index in [-0.39, 0.29) is 5.97 Å².